The molecule has 0 spiro atoms. The Bertz CT molecular complexity index is 295. The van der Waals surface area contributed by atoms with Gasteiger partial charge in [-0.3, -0.25) is 0 Å². The smallest absolute Gasteiger partial charge is 0.212 e. The maximum absolute atomic E-state index is 12.0. The standard InChI is InChI=1S/C11H22ClNO2S/c1-10-7-11(2)9-13(8-10)16(14,15)6-4-3-5-12/h10-11H,3-9H2,1-2H3. The van der Waals surface area contributed by atoms with Crippen LogP contribution in [0.15, 0.2) is 0 Å². The minimum atomic E-state index is -3.05. The molecule has 0 N–H and O–H groups in total. The highest BCUT2D eigenvalue weighted by molar-refractivity contribution is 7.89. The molecule has 0 aromatic heterocycles. The second-order valence-corrected chi connectivity index (χ2v) is 7.44. The van der Waals surface area contributed by atoms with Crippen LogP contribution < -0.4 is 0 Å². The summed E-state index contributed by atoms with van der Waals surface area (Å²) < 4.78 is 25.7. The molecule has 0 aromatic rings. The van der Waals surface area contributed by atoms with E-state index in [0.717, 1.165) is 12.8 Å². The molecule has 1 aliphatic heterocycles. The zero-order valence-electron chi connectivity index (χ0n) is 10.2. The zero-order chi connectivity index (χ0) is 12.2. The lowest BCUT2D eigenvalue weighted by molar-refractivity contribution is 0.222. The highest BCUT2D eigenvalue weighted by Crippen LogP contribution is 2.23. The van der Waals surface area contributed by atoms with E-state index in [4.69, 9.17) is 11.6 Å². The average Bonchev–Trinajstić information content (AvgIpc) is 2.16. The van der Waals surface area contributed by atoms with E-state index in [1.54, 1.807) is 4.31 Å². The minimum absolute atomic E-state index is 0.249. The first-order valence-corrected chi connectivity index (χ1v) is 8.14. The first-order chi connectivity index (χ1) is 7.45. The van der Waals surface area contributed by atoms with Crippen LogP contribution in [-0.2, 0) is 10.0 Å². The Morgan fingerprint density at radius 3 is 2.25 bits per heavy atom. The van der Waals surface area contributed by atoms with Crippen molar-refractivity contribution in [2.24, 2.45) is 11.8 Å². The molecule has 2 atom stereocenters. The van der Waals surface area contributed by atoms with Crippen molar-refractivity contribution in [2.75, 3.05) is 24.7 Å². The Kier molecular flexibility index (Phi) is 5.54. The fourth-order valence-corrected chi connectivity index (χ4v) is 4.32. The fraction of sp³-hybridized carbons (Fsp3) is 1.00. The third-order valence-corrected chi connectivity index (χ3v) is 5.17. The van der Waals surface area contributed by atoms with Crippen molar-refractivity contribution in [3.63, 3.8) is 0 Å². The summed E-state index contributed by atoms with van der Waals surface area (Å²) >= 11 is 5.55. The van der Waals surface area contributed by atoms with E-state index in [0.29, 0.717) is 37.2 Å². The zero-order valence-corrected chi connectivity index (χ0v) is 11.7. The molecule has 5 heteroatoms. The maximum atomic E-state index is 12.0. The van der Waals surface area contributed by atoms with Crippen LogP contribution in [0.25, 0.3) is 0 Å². The lowest BCUT2D eigenvalue weighted by Crippen LogP contribution is -2.43. The van der Waals surface area contributed by atoms with Crippen LogP contribution >= 0.6 is 11.6 Å². The molecule has 16 heavy (non-hydrogen) atoms. The van der Waals surface area contributed by atoms with Crippen molar-refractivity contribution in [2.45, 2.75) is 33.1 Å². The molecule has 1 saturated heterocycles. The molecular weight excluding hydrogens is 246 g/mol. The number of piperidine rings is 1. The van der Waals surface area contributed by atoms with Crippen molar-refractivity contribution >= 4 is 21.6 Å². The van der Waals surface area contributed by atoms with E-state index in [1.807, 2.05) is 0 Å². The summed E-state index contributed by atoms with van der Waals surface area (Å²) in [5.41, 5.74) is 0. The molecule has 0 saturated carbocycles. The summed E-state index contributed by atoms with van der Waals surface area (Å²) in [6.07, 6.45) is 2.58. The van der Waals surface area contributed by atoms with Gasteiger partial charge in [0.25, 0.3) is 0 Å². The lowest BCUT2D eigenvalue weighted by atomic mass is 9.94. The SMILES string of the molecule is CC1CC(C)CN(S(=O)(=O)CCCCCl)C1. The second kappa shape index (κ2) is 6.22. The molecule has 1 rings (SSSR count). The largest absolute Gasteiger partial charge is 0.214 e. The molecule has 1 heterocycles. The van der Waals surface area contributed by atoms with Crippen molar-refractivity contribution in [1.82, 2.24) is 4.31 Å². The Morgan fingerprint density at radius 2 is 1.75 bits per heavy atom. The third-order valence-electron chi connectivity index (χ3n) is 3.01. The lowest BCUT2D eigenvalue weighted by Gasteiger charge is -2.34. The molecule has 3 nitrogen and oxygen atoms in total. The van der Waals surface area contributed by atoms with E-state index in [9.17, 15) is 8.42 Å². The maximum Gasteiger partial charge on any atom is 0.214 e. The van der Waals surface area contributed by atoms with E-state index in [-0.39, 0.29) is 5.75 Å². The van der Waals surface area contributed by atoms with Crippen LogP contribution in [0.4, 0.5) is 0 Å². The summed E-state index contributed by atoms with van der Waals surface area (Å²) in [4.78, 5) is 0. The van der Waals surface area contributed by atoms with E-state index in [2.05, 4.69) is 13.8 Å². The predicted molar refractivity (Wildman–Crippen MR) is 68.3 cm³/mol. The van der Waals surface area contributed by atoms with Crippen LogP contribution in [-0.4, -0.2) is 37.4 Å². The van der Waals surface area contributed by atoms with Crippen LogP contribution in [0, 0.1) is 11.8 Å². The molecule has 0 bridgehead atoms. The number of sulfonamides is 1. The number of halogens is 1. The van der Waals surface area contributed by atoms with Gasteiger partial charge in [-0.05, 0) is 31.1 Å². The van der Waals surface area contributed by atoms with Gasteiger partial charge in [-0.1, -0.05) is 13.8 Å². The van der Waals surface area contributed by atoms with Crippen molar-refractivity contribution in [1.29, 1.82) is 0 Å². The molecule has 1 fully saturated rings. The number of nitrogens with zero attached hydrogens (tertiary/aromatic N) is 1. The van der Waals surface area contributed by atoms with Gasteiger partial charge in [0.1, 0.15) is 0 Å². The Labute approximate surface area is 104 Å². The van der Waals surface area contributed by atoms with Crippen molar-refractivity contribution in [3.05, 3.63) is 0 Å². The number of unbranched alkanes of at least 4 members (excludes halogenated alkanes) is 1. The van der Waals surface area contributed by atoms with Crippen LogP contribution in [0.5, 0.6) is 0 Å². The van der Waals surface area contributed by atoms with Crippen LogP contribution in [0.3, 0.4) is 0 Å². The van der Waals surface area contributed by atoms with Gasteiger partial charge in [0.15, 0.2) is 0 Å². The summed E-state index contributed by atoms with van der Waals surface area (Å²) in [5, 5.41) is 0. The number of hydrogen-bond donors (Lipinski definition) is 0. The third kappa shape index (κ3) is 4.22. The van der Waals surface area contributed by atoms with Crippen LogP contribution in [0.1, 0.15) is 33.1 Å². The molecule has 0 aliphatic carbocycles. The molecular formula is C11H22ClNO2S. The van der Waals surface area contributed by atoms with E-state index in [1.165, 1.54) is 0 Å². The number of rotatable bonds is 5. The van der Waals surface area contributed by atoms with E-state index < -0.39 is 10.0 Å². The van der Waals surface area contributed by atoms with Gasteiger partial charge in [0, 0.05) is 19.0 Å². The molecule has 2 unspecified atom stereocenters. The van der Waals surface area contributed by atoms with Crippen molar-refractivity contribution in [3.8, 4) is 0 Å². The van der Waals surface area contributed by atoms with Gasteiger partial charge in [-0.15, -0.1) is 11.6 Å². The summed E-state index contributed by atoms with van der Waals surface area (Å²) in [7, 11) is -3.05. The topological polar surface area (TPSA) is 37.4 Å². The fourth-order valence-electron chi connectivity index (χ4n) is 2.34. The normalized spacial score (nSPS) is 28.2. The highest BCUT2D eigenvalue weighted by Gasteiger charge is 2.29. The van der Waals surface area contributed by atoms with Gasteiger partial charge in [0.05, 0.1) is 5.75 Å². The summed E-state index contributed by atoms with van der Waals surface area (Å²) in [5.74, 6) is 1.75. The van der Waals surface area contributed by atoms with Crippen molar-refractivity contribution < 1.29 is 8.42 Å². The second-order valence-electron chi connectivity index (χ2n) is 4.98. The van der Waals surface area contributed by atoms with Gasteiger partial charge in [-0.2, -0.15) is 0 Å². The quantitative estimate of drug-likeness (QED) is 0.566. The van der Waals surface area contributed by atoms with Gasteiger partial charge >= 0.3 is 0 Å². The molecule has 0 aromatic carbocycles. The molecule has 1 aliphatic rings. The monoisotopic (exact) mass is 267 g/mol. The first-order valence-electron chi connectivity index (χ1n) is 5.99. The highest BCUT2D eigenvalue weighted by atomic mass is 35.5. The number of alkyl halides is 1. The average molecular weight is 268 g/mol. The molecule has 0 amide bonds. The van der Waals surface area contributed by atoms with Gasteiger partial charge < -0.3 is 0 Å². The van der Waals surface area contributed by atoms with Gasteiger partial charge in [-0.25, -0.2) is 12.7 Å². The van der Waals surface area contributed by atoms with Crippen LogP contribution in [0.2, 0.25) is 0 Å². The first kappa shape index (κ1) is 14.3. The number of hydrogen-bond acceptors (Lipinski definition) is 2. The predicted octanol–water partition coefficient (Wildman–Crippen LogP) is 2.31. The van der Waals surface area contributed by atoms with E-state index >= 15 is 0 Å². The minimum Gasteiger partial charge on any atom is -0.212 e. The Morgan fingerprint density at radius 1 is 1.19 bits per heavy atom. The Balaban J connectivity index is 2.53. The molecule has 0 radical (unpaired) electrons. The molecule has 96 valence electrons. The van der Waals surface area contributed by atoms with Gasteiger partial charge in [0.2, 0.25) is 10.0 Å². The summed E-state index contributed by atoms with van der Waals surface area (Å²) in [6, 6.07) is 0. The Hall–Kier alpha value is 0.200. The summed E-state index contributed by atoms with van der Waals surface area (Å²) in [6.45, 7) is 5.62.